The quantitative estimate of drug-likeness (QED) is 0.715. The molecule has 0 bridgehead atoms. The number of nitrogens with zero attached hydrogens (tertiary/aromatic N) is 1. The first kappa shape index (κ1) is 22.8. The summed E-state index contributed by atoms with van der Waals surface area (Å²) in [5, 5.41) is 3.46. The molecule has 5 heteroatoms. The minimum Gasteiger partial charge on any atom is -0.457 e. The predicted molar refractivity (Wildman–Crippen MR) is 114 cm³/mol. The van der Waals surface area contributed by atoms with Crippen LogP contribution in [0, 0.1) is 5.92 Å². The van der Waals surface area contributed by atoms with Crippen molar-refractivity contribution in [1.82, 2.24) is 10.2 Å². The van der Waals surface area contributed by atoms with E-state index in [1.165, 1.54) is 12.0 Å². The molecule has 0 amide bonds. The lowest BCUT2D eigenvalue weighted by Crippen LogP contribution is -2.46. The minimum absolute atomic E-state index is 0. The summed E-state index contributed by atoms with van der Waals surface area (Å²) in [6, 6.07) is 19.1. The zero-order valence-corrected chi connectivity index (χ0v) is 17.2. The number of halogens is 2. The van der Waals surface area contributed by atoms with Crippen molar-refractivity contribution in [2.75, 3.05) is 26.2 Å². The number of ether oxygens (including phenoxy) is 1. The van der Waals surface area contributed by atoms with Gasteiger partial charge in [-0.3, -0.25) is 4.90 Å². The molecule has 1 heterocycles. The summed E-state index contributed by atoms with van der Waals surface area (Å²) in [4.78, 5) is 2.62. The van der Waals surface area contributed by atoms with Crippen molar-refractivity contribution in [3.8, 4) is 11.5 Å². The smallest absolute Gasteiger partial charge is 0.127 e. The molecule has 2 atom stereocenters. The number of benzene rings is 2. The highest BCUT2D eigenvalue weighted by molar-refractivity contribution is 5.85. The van der Waals surface area contributed by atoms with Crippen LogP contribution in [-0.2, 0) is 0 Å². The van der Waals surface area contributed by atoms with Crippen LogP contribution in [-0.4, -0.2) is 31.1 Å². The van der Waals surface area contributed by atoms with Crippen LogP contribution in [0.3, 0.4) is 0 Å². The third-order valence-corrected chi connectivity index (χ3v) is 4.91. The number of para-hydroxylation sites is 1. The second-order valence-corrected chi connectivity index (χ2v) is 6.60. The van der Waals surface area contributed by atoms with Crippen LogP contribution in [0.5, 0.6) is 11.5 Å². The summed E-state index contributed by atoms with van der Waals surface area (Å²) in [6.07, 6.45) is 1.18. The third-order valence-electron chi connectivity index (χ3n) is 4.91. The van der Waals surface area contributed by atoms with Gasteiger partial charge in [-0.05, 0) is 35.7 Å². The second-order valence-electron chi connectivity index (χ2n) is 6.60. The molecule has 3 nitrogen and oxygen atoms in total. The van der Waals surface area contributed by atoms with Crippen LogP contribution in [0.15, 0.2) is 54.6 Å². The van der Waals surface area contributed by atoms with Gasteiger partial charge in [0.15, 0.2) is 0 Å². The summed E-state index contributed by atoms with van der Waals surface area (Å²) >= 11 is 0. The van der Waals surface area contributed by atoms with Gasteiger partial charge in [0, 0.05) is 32.2 Å². The Bertz CT molecular complexity index is 633. The Morgan fingerprint density at radius 2 is 1.62 bits per heavy atom. The van der Waals surface area contributed by atoms with Gasteiger partial charge < -0.3 is 10.1 Å². The van der Waals surface area contributed by atoms with Crippen LogP contribution >= 0.6 is 24.8 Å². The van der Waals surface area contributed by atoms with Crippen LogP contribution in [0.4, 0.5) is 0 Å². The standard InChI is InChI=1S/C21H28N2O.2ClH/c1-3-17(2)21(23-14-12-22-13-15-23)18-8-7-11-20(16-18)24-19-9-5-4-6-10-19;;/h4-11,16-17,21-22H,3,12-15H2,1-2H3;2*1H/t17?,21-;;/m0../s1. The van der Waals surface area contributed by atoms with E-state index in [1.54, 1.807) is 0 Å². The molecule has 1 fully saturated rings. The lowest BCUT2D eigenvalue weighted by Gasteiger charge is -2.38. The summed E-state index contributed by atoms with van der Waals surface area (Å²) in [5.74, 6) is 2.43. The zero-order valence-electron chi connectivity index (χ0n) is 15.6. The highest BCUT2D eigenvalue weighted by Gasteiger charge is 2.26. The van der Waals surface area contributed by atoms with Crippen LogP contribution < -0.4 is 10.1 Å². The Kier molecular flexibility index (Phi) is 10.0. The molecular weight excluding hydrogens is 367 g/mol. The molecular formula is C21H30Cl2N2O. The fourth-order valence-corrected chi connectivity index (χ4v) is 3.47. The lowest BCUT2D eigenvalue weighted by atomic mass is 9.90. The van der Waals surface area contributed by atoms with Crippen molar-refractivity contribution < 1.29 is 4.74 Å². The molecule has 0 spiro atoms. The monoisotopic (exact) mass is 396 g/mol. The molecule has 1 N–H and O–H groups in total. The van der Waals surface area contributed by atoms with Gasteiger partial charge in [0.2, 0.25) is 0 Å². The average molecular weight is 397 g/mol. The summed E-state index contributed by atoms with van der Waals surface area (Å²) in [6.45, 7) is 9.01. The van der Waals surface area contributed by atoms with Crippen LogP contribution in [0.25, 0.3) is 0 Å². The molecule has 2 aromatic carbocycles. The van der Waals surface area contributed by atoms with E-state index < -0.39 is 0 Å². The van der Waals surface area contributed by atoms with Gasteiger partial charge in [-0.1, -0.05) is 50.6 Å². The van der Waals surface area contributed by atoms with E-state index in [2.05, 4.69) is 42.3 Å². The largest absolute Gasteiger partial charge is 0.457 e. The van der Waals surface area contributed by atoms with E-state index in [0.29, 0.717) is 12.0 Å². The lowest BCUT2D eigenvalue weighted by molar-refractivity contribution is 0.128. The molecule has 1 aliphatic heterocycles. The van der Waals surface area contributed by atoms with Crippen molar-refractivity contribution in [2.45, 2.75) is 26.3 Å². The third kappa shape index (κ3) is 5.88. The Labute approximate surface area is 169 Å². The van der Waals surface area contributed by atoms with Crippen molar-refractivity contribution in [1.29, 1.82) is 0 Å². The average Bonchev–Trinajstić information content (AvgIpc) is 2.64. The van der Waals surface area contributed by atoms with Gasteiger partial charge in [-0.25, -0.2) is 0 Å². The highest BCUT2D eigenvalue weighted by atomic mass is 35.5. The fourth-order valence-electron chi connectivity index (χ4n) is 3.47. The van der Waals surface area contributed by atoms with E-state index in [0.717, 1.165) is 37.7 Å². The first-order valence-corrected chi connectivity index (χ1v) is 9.05. The first-order chi connectivity index (χ1) is 11.8. The van der Waals surface area contributed by atoms with Crippen molar-refractivity contribution in [2.24, 2.45) is 5.92 Å². The maximum Gasteiger partial charge on any atom is 0.127 e. The topological polar surface area (TPSA) is 24.5 Å². The zero-order chi connectivity index (χ0) is 16.8. The maximum atomic E-state index is 6.04. The molecule has 26 heavy (non-hydrogen) atoms. The predicted octanol–water partition coefficient (Wildman–Crippen LogP) is 5.31. The molecule has 0 aromatic heterocycles. The minimum atomic E-state index is 0. The molecule has 3 rings (SSSR count). The molecule has 1 saturated heterocycles. The van der Waals surface area contributed by atoms with E-state index in [9.17, 15) is 0 Å². The highest BCUT2D eigenvalue weighted by Crippen LogP contribution is 2.33. The Morgan fingerprint density at radius 1 is 0.962 bits per heavy atom. The summed E-state index contributed by atoms with van der Waals surface area (Å²) in [7, 11) is 0. The van der Waals surface area contributed by atoms with Crippen LogP contribution in [0.2, 0.25) is 0 Å². The summed E-state index contributed by atoms with van der Waals surface area (Å²) in [5.41, 5.74) is 1.36. The number of hydrogen-bond acceptors (Lipinski definition) is 3. The van der Waals surface area contributed by atoms with E-state index >= 15 is 0 Å². The van der Waals surface area contributed by atoms with Crippen molar-refractivity contribution >= 4 is 24.8 Å². The number of nitrogens with one attached hydrogen (secondary N) is 1. The summed E-state index contributed by atoms with van der Waals surface area (Å²) < 4.78 is 6.04. The van der Waals surface area contributed by atoms with Gasteiger partial charge >= 0.3 is 0 Å². The Balaban J connectivity index is 0.00000169. The Morgan fingerprint density at radius 3 is 2.27 bits per heavy atom. The van der Waals surface area contributed by atoms with E-state index in [-0.39, 0.29) is 24.8 Å². The van der Waals surface area contributed by atoms with E-state index in [1.807, 2.05) is 36.4 Å². The molecule has 1 unspecified atom stereocenters. The van der Waals surface area contributed by atoms with Gasteiger partial charge in [-0.2, -0.15) is 0 Å². The first-order valence-electron chi connectivity index (χ1n) is 9.05. The SMILES string of the molecule is CCC(C)[C@@H](c1cccc(Oc2ccccc2)c1)N1CCNCC1.Cl.Cl. The maximum absolute atomic E-state index is 6.04. The molecule has 0 saturated carbocycles. The van der Waals surface area contributed by atoms with Crippen LogP contribution in [0.1, 0.15) is 31.9 Å². The van der Waals surface area contributed by atoms with Gasteiger partial charge in [-0.15, -0.1) is 24.8 Å². The number of piperazine rings is 1. The molecule has 0 aliphatic carbocycles. The van der Waals surface area contributed by atoms with Gasteiger partial charge in [0.05, 0.1) is 0 Å². The molecule has 1 aliphatic rings. The van der Waals surface area contributed by atoms with Crippen molar-refractivity contribution in [3.05, 3.63) is 60.2 Å². The number of rotatable bonds is 6. The van der Waals surface area contributed by atoms with Gasteiger partial charge in [0.1, 0.15) is 11.5 Å². The molecule has 144 valence electrons. The normalized spacial score (nSPS) is 16.7. The van der Waals surface area contributed by atoms with Crippen molar-refractivity contribution in [3.63, 3.8) is 0 Å². The Hall–Kier alpha value is -1.26. The van der Waals surface area contributed by atoms with Gasteiger partial charge in [0.25, 0.3) is 0 Å². The van der Waals surface area contributed by atoms with E-state index in [4.69, 9.17) is 4.74 Å². The second kappa shape index (κ2) is 11.5. The molecule has 0 radical (unpaired) electrons. The number of hydrogen-bond donors (Lipinski definition) is 1. The molecule has 2 aromatic rings. The fraction of sp³-hybridized carbons (Fsp3) is 0.429.